The maximum atomic E-state index is 13.5. The van der Waals surface area contributed by atoms with Gasteiger partial charge in [-0.2, -0.15) is 31.3 Å². The maximum absolute atomic E-state index is 13.5. The van der Waals surface area contributed by atoms with E-state index in [2.05, 4.69) is 14.7 Å². The number of alkyl halides is 6. The van der Waals surface area contributed by atoms with E-state index in [1.54, 1.807) is 6.92 Å². The third kappa shape index (κ3) is 5.84. The van der Waals surface area contributed by atoms with E-state index in [-0.39, 0.29) is 43.5 Å². The monoisotopic (exact) mass is 530 g/mol. The van der Waals surface area contributed by atoms with Gasteiger partial charge in [0.05, 0.1) is 30.7 Å². The first-order chi connectivity index (χ1) is 17.3. The van der Waals surface area contributed by atoms with Crippen LogP contribution in [0, 0.1) is 0 Å². The zero-order chi connectivity index (χ0) is 27.0. The molecule has 1 saturated heterocycles. The van der Waals surface area contributed by atoms with E-state index in [9.17, 15) is 35.9 Å². The molecule has 14 heteroatoms. The van der Waals surface area contributed by atoms with Crippen molar-refractivity contribution in [2.24, 2.45) is 0 Å². The second-order valence-corrected chi connectivity index (χ2v) is 8.46. The van der Waals surface area contributed by atoms with Crippen LogP contribution in [0.2, 0.25) is 0 Å². The number of rotatable bonds is 5. The second-order valence-electron chi connectivity index (χ2n) is 8.46. The van der Waals surface area contributed by atoms with Crippen LogP contribution in [0.3, 0.4) is 0 Å². The van der Waals surface area contributed by atoms with Crippen molar-refractivity contribution in [3.8, 4) is 11.4 Å². The molecule has 0 bridgehead atoms. The van der Waals surface area contributed by atoms with Crippen LogP contribution in [0.4, 0.5) is 26.3 Å². The van der Waals surface area contributed by atoms with Gasteiger partial charge in [0.2, 0.25) is 11.7 Å². The molecule has 1 amide bonds. The highest BCUT2D eigenvalue weighted by Crippen LogP contribution is 2.33. The molecule has 8 nitrogen and oxygen atoms in total. The first-order valence-corrected chi connectivity index (χ1v) is 11.0. The van der Waals surface area contributed by atoms with Crippen molar-refractivity contribution in [1.82, 2.24) is 19.6 Å². The SMILES string of the molecule is C[C@H]1COCCN1C(=O)C(Cn1ccc(-c2noc(C(F)(F)F)n2)cc1=O)c1cccc(C(F)(F)F)c1. The minimum absolute atomic E-state index is 0.0579. The van der Waals surface area contributed by atoms with E-state index in [1.165, 1.54) is 29.3 Å². The number of carbonyl (C=O) groups excluding carboxylic acids is 1. The molecule has 2 atom stereocenters. The van der Waals surface area contributed by atoms with E-state index in [4.69, 9.17) is 4.74 Å². The van der Waals surface area contributed by atoms with Crippen molar-refractivity contribution in [2.75, 3.05) is 19.8 Å². The molecule has 1 aromatic carbocycles. The summed E-state index contributed by atoms with van der Waals surface area (Å²) in [6, 6.07) is 6.17. The summed E-state index contributed by atoms with van der Waals surface area (Å²) in [6.07, 6.45) is -8.30. The lowest BCUT2D eigenvalue weighted by Gasteiger charge is -2.36. The van der Waals surface area contributed by atoms with Gasteiger partial charge < -0.3 is 18.7 Å². The Morgan fingerprint density at radius 3 is 2.51 bits per heavy atom. The Labute approximate surface area is 205 Å². The molecule has 0 N–H and O–H groups in total. The van der Waals surface area contributed by atoms with Crippen LogP contribution in [0.15, 0.2) is 51.9 Å². The summed E-state index contributed by atoms with van der Waals surface area (Å²) in [7, 11) is 0. The number of amides is 1. The molecule has 4 rings (SSSR count). The lowest BCUT2D eigenvalue weighted by molar-refractivity contribution is -0.159. The summed E-state index contributed by atoms with van der Waals surface area (Å²) < 4.78 is 88.9. The Morgan fingerprint density at radius 2 is 1.89 bits per heavy atom. The summed E-state index contributed by atoms with van der Waals surface area (Å²) in [5.74, 6) is -3.70. The van der Waals surface area contributed by atoms with Crippen LogP contribution in [0.25, 0.3) is 11.4 Å². The number of carbonyl (C=O) groups is 1. The number of aromatic nitrogens is 3. The molecular weight excluding hydrogens is 510 g/mol. The Balaban J connectivity index is 1.68. The van der Waals surface area contributed by atoms with Crippen LogP contribution < -0.4 is 5.56 Å². The molecule has 3 heterocycles. The lowest BCUT2D eigenvalue weighted by atomic mass is 9.94. The molecule has 1 fully saturated rings. The minimum Gasteiger partial charge on any atom is -0.377 e. The van der Waals surface area contributed by atoms with Crippen LogP contribution in [-0.2, 0) is 28.4 Å². The number of pyridine rings is 1. The highest BCUT2D eigenvalue weighted by Gasteiger charge is 2.39. The van der Waals surface area contributed by atoms with E-state index in [0.29, 0.717) is 0 Å². The topological polar surface area (TPSA) is 90.5 Å². The summed E-state index contributed by atoms with van der Waals surface area (Å²) >= 11 is 0. The largest absolute Gasteiger partial charge is 0.471 e. The number of hydrogen-bond donors (Lipinski definition) is 0. The fraction of sp³-hybridized carbons (Fsp3) is 0.391. The van der Waals surface area contributed by atoms with Crippen molar-refractivity contribution in [1.29, 1.82) is 0 Å². The molecule has 37 heavy (non-hydrogen) atoms. The molecule has 0 aliphatic carbocycles. The predicted octanol–water partition coefficient (Wildman–Crippen LogP) is 3.97. The molecule has 198 valence electrons. The van der Waals surface area contributed by atoms with Gasteiger partial charge in [0, 0.05) is 30.9 Å². The maximum Gasteiger partial charge on any atom is 0.471 e. The number of morpholine rings is 1. The van der Waals surface area contributed by atoms with Gasteiger partial charge in [0.15, 0.2) is 0 Å². The Kier molecular flexibility index (Phi) is 7.13. The molecule has 2 aromatic heterocycles. The van der Waals surface area contributed by atoms with Gasteiger partial charge in [-0.05, 0) is 24.6 Å². The first kappa shape index (κ1) is 26.4. The van der Waals surface area contributed by atoms with Gasteiger partial charge in [-0.15, -0.1) is 0 Å². The standard InChI is InChI=1S/C23H20F6N4O4/c1-13-12-36-8-7-33(13)20(35)17(14-3-2-4-16(9-14)22(24,25)26)11-32-6-5-15(10-18(32)34)19-30-21(37-31-19)23(27,28)29/h2-6,9-10,13,17H,7-8,11-12H2,1H3/t13-,17?/m0/s1. The van der Waals surface area contributed by atoms with Gasteiger partial charge in [0.25, 0.3) is 5.56 Å². The Bertz CT molecular complexity index is 1330. The lowest BCUT2D eigenvalue weighted by Crippen LogP contribution is -2.49. The van der Waals surface area contributed by atoms with Crippen molar-refractivity contribution < 1.29 is 40.4 Å². The Hall–Kier alpha value is -3.68. The summed E-state index contributed by atoms with van der Waals surface area (Å²) in [5, 5.41) is 3.23. The average Bonchev–Trinajstić information content (AvgIpc) is 3.34. The fourth-order valence-corrected chi connectivity index (χ4v) is 3.96. The van der Waals surface area contributed by atoms with Crippen LogP contribution in [0.1, 0.15) is 29.9 Å². The average molecular weight is 530 g/mol. The van der Waals surface area contributed by atoms with E-state index < -0.39 is 47.0 Å². The van der Waals surface area contributed by atoms with E-state index >= 15 is 0 Å². The van der Waals surface area contributed by atoms with Crippen molar-refractivity contribution in [3.05, 3.63) is 70.0 Å². The van der Waals surface area contributed by atoms with Gasteiger partial charge in [-0.3, -0.25) is 9.59 Å². The van der Waals surface area contributed by atoms with E-state index in [1.807, 2.05) is 0 Å². The molecular formula is C23H20F6N4O4. The third-order valence-corrected chi connectivity index (χ3v) is 5.87. The minimum atomic E-state index is -4.87. The first-order valence-electron chi connectivity index (χ1n) is 11.0. The predicted molar refractivity (Wildman–Crippen MR) is 115 cm³/mol. The molecule has 1 aliphatic heterocycles. The molecule has 0 radical (unpaired) electrons. The second kappa shape index (κ2) is 10.00. The van der Waals surface area contributed by atoms with Crippen molar-refractivity contribution in [2.45, 2.75) is 37.8 Å². The number of halogens is 6. The molecule has 1 unspecified atom stereocenters. The van der Waals surface area contributed by atoms with Crippen molar-refractivity contribution >= 4 is 5.91 Å². The number of hydrogen-bond acceptors (Lipinski definition) is 6. The molecule has 0 saturated carbocycles. The van der Waals surface area contributed by atoms with Gasteiger partial charge >= 0.3 is 18.2 Å². The number of nitrogens with zero attached hydrogens (tertiary/aromatic N) is 4. The summed E-state index contributed by atoms with van der Waals surface area (Å²) in [5.41, 5.74) is -1.68. The van der Waals surface area contributed by atoms with Gasteiger partial charge in [0.1, 0.15) is 0 Å². The van der Waals surface area contributed by atoms with Crippen molar-refractivity contribution in [3.63, 3.8) is 0 Å². The van der Waals surface area contributed by atoms with Crippen LogP contribution in [0.5, 0.6) is 0 Å². The number of ether oxygens (including phenoxy) is 1. The molecule has 1 aliphatic rings. The fourth-order valence-electron chi connectivity index (χ4n) is 3.96. The smallest absolute Gasteiger partial charge is 0.377 e. The third-order valence-electron chi connectivity index (χ3n) is 5.87. The van der Waals surface area contributed by atoms with Gasteiger partial charge in [-0.1, -0.05) is 23.4 Å². The molecule has 0 spiro atoms. The highest BCUT2D eigenvalue weighted by atomic mass is 19.4. The van der Waals surface area contributed by atoms with E-state index in [0.717, 1.165) is 22.8 Å². The molecule has 3 aromatic rings. The Morgan fingerprint density at radius 1 is 1.14 bits per heavy atom. The normalized spacial score (nSPS) is 17.6. The number of benzene rings is 1. The highest BCUT2D eigenvalue weighted by molar-refractivity contribution is 5.84. The summed E-state index contributed by atoms with van der Waals surface area (Å²) in [4.78, 5) is 31.0. The zero-order valence-corrected chi connectivity index (χ0v) is 19.2. The van der Waals surface area contributed by atoms with Crippen LogP contribution >= 0.6 is 0 Å². The van der Waals surface area contributed by atoms with Gasteiger partial charge in [-0.25, -0.2) is 0 Å². The summed E-state index contributed by atoms with van der Waals surface area (Å²) in [6.45, 7) is 2.15. The zero-order valence-electron chi connectivity index (χ0n) is 19.2. The quantitative estimate of drug-likeness (QED) is 0.464. The van der Waals surface area contributed by atoms with Crippen LogP contribution in [-0.4, -0.2) is 51.3 Å².